The summed E-state index contributed by atoms with van der Waals surface area (Å²) >= 11 is 6.01. The van der Waals surface area contributed by atoms with Crippen molar-refractivity contribution in [2.24, 2.45) is 0 Å². The van der Waals surface area contributed by atoms with Crippen LogP contribution in [0, 0.1) is 31.0 Å². The summed E-state index contributed by atoms with van der Waals surface area (Å²) < 4.78 is 27.0. The Bertz CT molecular complexity index is 1430. The summed E-state index contributed by atoms with van der Waals surface area (Å²) in [7, 11) is 0. The van der Waals surface area contributed by atoms with Crippen molar-refractivity contribution in [3.63, 3.8) is 0 Å². The largest absolute Gasteiger partial charge is 0.481 e. The van der Waals surface area contributed by atoms with Gasteiger partial charge in [-0.25, -0.2) is 4.39 Å². The van der Waals surface area contributed by atoms with Crippen molar-refractivity contribution in [1.82, 2.24) is 9.78 Å². The summed E-state index contributed by atoms with van der Waals surface area (Å²) in [4.78, 5) is 34.7. The first kappa shape index (κ1) is 26.4. The SMILES string of the molecule is Cc1ccc(Cc2cc(C)c(=O)n(COC(=O)CCC(=O)O)n2)c(F)c1Oc1cc(Cl)cc(C#N)c1. The summed E-state index contributed by atoms with van der Waals surface area (Å²) in [5, 5.41) is 22.2. The minimum Gasteiger partial charge on any atom is -0.481 e. The van der Waals surface area contributed by atoms with Gasteiger partial charge in [0.1, 0.15) is 5.75 Å². The number of benzene rings is 2. The molecule has 0 bridgehead atoms. The summed E-state index contributed by atoms with van der Waals surface area (Å²) in [6, 6.07) is 11.1. The number of hydrogen-bond donors (Lipinski definition) is 1. The third kappa shape index (κ3) is 6.67. The second-order valence-electron chi connectivity index (χ2n) is 7.91. The highest BCUT2D eigenvalue weighted by molar-refractivity contribution is 6.30. The lowest BCUT2D eigenvalue weighted by Crippen LogP contribution is -2.28. The number of aryl methyl sites for hydroxylation is 2. The first-order chi connectivity index (χ1) is 17.1. The topological polar surface area (TPSA) is 132 Å². The zero-order valence-electron chi connectivity index (χ0n) is 19.4. The van der Waals surface area contributed by atoms with Crippen LogP contribution in [-0.4, -0.2) is 26.8 Å². The third-order valence-corrected chi connectivity index (χ3v) is 5.28. The quantitative estimate of drug-likeness (QED) is 0.419. The fourth-order valence-electron chi connectivity index (χ4n) is 3.29. The molecule has 0 saturated carbocycles. The summed E-state index contributed by atoms with van der Waals surface area (Å²) in [6.07, 6.45) is -0.748. The smallest absolute Gasteiger partial charge is 0.308 e. The monoisotopic (exact) mass is 513 g/mol. The van der Waals surface area contributed by atoms with E-state index < -0.39 is 36.5 Å². The van der Waals surface area contributed by atoms with Gasteiger partial charge in [0.25, 0.3) is 5.56 Å². The Hall–Kier alpha value is -4.23. The number of carbonyl (C=O) groups excluding carboxylic acids is 1. The van der Waals surface area contributed by atoms with E-state index in [4.69, 9.17) is 31.4 Å². The molecule has 0 spiro atoms. The fraction of sp³-hybridized carbons (Fsp3) is 0.240. The van der Waals surface area contributed by atoms with Gasteiger partial charge in [-0.15, -0.1) is 0 Å². The highest BCUT2D eigenvalue weighted by Crippen LogP contribution is 2.32. The first-order valence-corrected chi connectivity index (χ1v) is 11.1. The molecule has 0 atom stereocenters. The molecule has 1 heterocycles. The molecule has 3 aromatic rings. The average molecular weight is 514 g/mol. The number of carboxylic acids is 1. The highest BCUT2D eigenvalue weighted by Gasteiger charge is 2.17. The molecule has 1 N–H and O–H groups in total. The molecule has 0 fully saturated rings. The maximum atomic E-state index is 15.4. The fourth-order valence-corrected chi connectivity index (χ4v) is 3.51. The Labute approximate surface area is 210 Å². The lowest BCUT2D eigenvalue weighted by Gasteiger charge is -2.14. The number of rotatable bonds is 9. The van der Waals surface area contributed by atoms with Gasteiger partial charge < -0.3 is 14.6 Å². The van der Waals surface area contributed by atoms with Gasteiger partial charge in [-0.1, -0.05) is 23.7 Å². The molecule has 0 saturated heterocycles. The van der Waals surface area contributed by atoms with Gasteiger partial charge >= 0.3 is 11.9 Å². The van der Waals surface area contributed by atoms with Gasteiger partial charge in [0.15, 0.2) is 18.3 Å². The molecule has 1 aromatic heterocycles. The van der Waals surface area contributed by atoms with Crippen molar-refractivity contribution in [3.8, 4) is 17.6 Å². The molecule has 9 nitrogen and oxygen atoms in total. The van der Waals surface area contributed by atoms with Gasteiger partial charge in [-0.2, -0.15) is 15.0 Å². The maximum absolute atomic E-state index is 15.4. The van der Waals surface area contributed by atoms with E-state index >= 15 is 4.39 Å². The van der Waals surface area contributed by atoms with Gasteiger partial charge in [-0.05, 0) is 49.2 Å². The number of aromatic nitrogens is 2. The van der Waals surface area contributed by atoms with Crippen molar-refractivity contribution in [3.05, 3.63) is 85.5 Å². The molecule has 0 unspecified atom stereocenters. The molecule has 11 heteroatoms. The maximum Gasteiger partial charge on any atom is 0.308 e. The Morgan fingerprint density at radius 1 is 1.17 bits per heavy atom. The van der Waals surface area contributed by atoms with Crippen LogP contribution in [0.1, 0.15) is 40.8 Å². The third-order valence-electron chi connectivity index (χ3n) is 5.06. The minimum absolute atomic E-state index is 0.00442. The van der Waals surface area contributed by atoms with Crippen LogP contribution in [0.3, 0.4) is 0 Å². The zero-order chi connectivity index (χ0) is 26.4. The summed E-state index contributed by atoms with van der Waals surface area (Å²) in [5.41, 5.74) is 1.13. The lowest BCUT2D eigenvalue weighted by molar-refractivity contribution is -0.151. The van der Waals surface area contributed by atoms with E-state index in [-0.39, 0.29) is 40.5 Å². The number of nitriles is 1. The predicted molar refractivity (Wildman–Crippen MR) is 126 cm³/mol. The molecule has 36 heavy (non-hydrogen) atoms. The van der Waals surface area contributed by atoms with Crippen LogP contribution in [0.2, 0.25) is 5.02 Å². The molecule has 0 amide bonds. The van der Waals surface area contributed by atoms with Crippen LogP contribution < -0.4 is 10.3 Å². The molecule has 0 radical (unpaired) electrons. The standard InChI is InChI=1S/C25H21ClFN3O6/c1-14-3-4-17(23(27)24(14)36-20-9-16(12-28)8-18(26)11-20)10-19-7-15(2)25(34)30(29-19)13-35-22(33)6-5-21(31)32/h3-4,7-9,11H,5-6,10,13H2,1-2H3,(H,31,32). The summed E-state index contributed by atoms with van der Waals surface area (Å²) in [5.74, 6) is -2.43. The van der Waals surface area contributed by atoms with Crippen LogP contribution in [0.5, 0.6) is 11.5 Å². The Morgan fingerprint density at radius 3 is 2.61 bits per heavy atom. The van der Waals surface area contributed by atoms with E-state index in [1.807, 2.05) is 6.07 Å². The number of ether oxygens (including phenoxy) is 2. The van der Waals surface area contributed by atoms with Crippen molar-refractivity contribution < 1.29 is 28.6 Å². The number of carbonyl (C=O) groups is 2. The minimum atomic E-state index is -1.15. The molecule has 0 aliphatic heterocycles. The molecule has 0 aliphatic carbocycles. The molecular formula is C25H21ClFN3O6. The summed E-state index contributed by atoms with van der Waals surface area (Å²) in [6.45, 7) is 2.70. The average Bonchev–Trinajstić information content (AvgIpc) is 2.83. The normalized spacial score (nSPS) is 10.5. The van der Waals surface area contributed by atoms with Crippen molar-refractivity contribution in [2.45, 2.75) is 39.8 Å². The zero-order valence-corrected chi connectivity index (χ0v) is 20.1. The van der Waals surface area contributed by atoms with E-state index in [1.54, 1.807) is 26.0 Å². The second-order valence-corrected chi connectivity index (χ2v) is 8.35. The van der Waals surface area contributed by atoms with Gasteiger partial charge in [0, 0.05) is 17.0 Å². The number of nitrogens with zero attached hydrogens (tertiary/aromatic N) is 3. The predicted octanol–water partition coefficient (Wildman–Crippen LogP) is 4.27. The van der Waals surface area contributed by atoms with Gasteiger partial charge in [0.2, 0.25) is 0 Å². The van der Waals surface area contributed by atoms with Crippen LogP contribution in [0.25, 0.3) is 0 Å². The second kappa shape index (κ2) is 11.5. The van der Waals surface area contributed by atoms with Gasteiger partial charge in [0.05, 0.1) is 30.2 Å². The van der Waals surface area contributed by atoms with E-state index in [0.29, 0.717) is 16.8 Å². The molecular weight excluding hydrogens is 493 g/mol. The Kier molecular flexibility index (Phi) is 8.40. The first-order valence-electron chi connectivity index (χ1n) is 10.7. The van der Waals surface area contributed by atoms with Gasteiger partial charge in [-0.3, -0.25) is 14.4 Å². The molecule has 0 aliphatic rings. The van der Waals surface area contributed by atoms with Crippen molar-refractivity contribution >= 4 is 23.5 Å². The number of esters is 1. The number of carboxylic acid groups (broad SMARTS) is 1. The van der Waals surface area contributed by atoms with E-state index in [0.717, 1.165) is 4.68 Å². The van der Waals surface area contributed by atoms with Crippen molar-refractivity contribution in [1.29, 1.82) is 5.26 Å². The van der Waals surface area contributed by atoms with Crippen LogP contribution >= 0.6 is 11.6 Å². The molecule has 2 aromatic carbocycles. The Balaban J connectivity index is 1.84. The number of aliphatic carboxylic acids is 1. The van der Waals surface area contributed by atoms with Crippen LogP contribution in [0.4, 0.5) is 4.39 Å². The van der Waals surface area contributed by atoms with E-state index in [9.17, 15) is 14.4 Å². The van der Waals surface area contributed by atoms with Crippen LogP contribution in [0.15, 0.2) is 41.2 Å². The van der Waals surface area contributed by atoms with E-state index in [2.05, 4.69) is 5.10 Å². The lowest BCUT2D eigenvalue weighted by atomic mass is 10.0. The number of hydrogen-bond acceptors (Lipinski definition) is 7. The molecule has 3 rings (SSSR count). The highest BCUT2D eigenvalue weighted by atomic mass is 35.5. The molecule has 186 valence electrons. The number of halogens is 2. The van der Waals surface area contributed by atoms with Crippen LogP contribution in [-0.2, 0) is 27.5 Å². The van der Waals surface area contributed by atoms with E-state index in [1.165, 1.54) is 24.3 Å². The van der Waals surface area contributed by atoms with Crippen molar-refractivity contribution in [2.75, 3.05) is 0 Å². The Morgan fingerprint density at radius 2 is 1.92 bits per heavy atom.